The maximum Gasteiger partial charge on any atom is 0.291 e. The largest absolute Gasteiger partial charge is 0.388 e. The normalized spacial score (nSPS) is 12.4. The van der Waals surface area contributed by atoms with Gasteiger partial charge >= 0.3 is 0 Å². The van der Waals surface area contributed by atoms with Crippen molar-refractivity contribution in [3.8, 4) is 0 Å². The first-order chi connectivity index (χ1) is 9.95. The standard InChI is InChI=1S/C12H10ClF2N3O2S/c13-7-3-1-6(2-4-7)8(19)5-9(20)16-12-18-17-11(21-12)10(14)15/h1-4,8,10,19H,5H2,(H,16,18,20). The molecule has 0 saturated carbocycles. The first kappa shape index (κ1) is 15.7. The van der Waals surface area contributed by atoms with E-state index < -0.39 is 23.4 Å². The molecule has 0 aliphatic heterocycles. The van der Waals surface area contributed by atoms with Crippen molar-refractivity contribution in [2.24, 2.45) is 0 Å². The Morgan fingerprint density at radius 2 is 2.00 bits per heavy atom. The number of aromatic nitrogens is 2. The zero-order valence-corrected chi connectivity index (χ0v) is 12.0. The maximum absolute atomic E-state index is 12.3. The van der Waals surface area contributed by atoms with Gasteiger partial charge in [0.25, 0.3) is 6.43 Å². The lowest BCUT2D eigenvalue weighted by molar-refractivity contribution is -0.118. The van der Waals surface area contributed by atoms with Gasteiger partial charge in [0.15, 0.2) is 5.01 Å². The second-order valence-electron chi connectivity index (χ2n) is 4.07. The maximum atomic E-state index is 12.3. The van der Waals surface area contributed by atoms with Crippen LogP contribution in [-0.4, -0.2) is 21.2 Å². The fourth-order valence-electron chi connectivity index (χ4n) is 1.52. The molecule has 21 heavy (non-hydrogen) atoms. The molecular formula is C12H10ClF2N3O2S. The minimum Gasteiger partial charge on any atom is -0.388 e. The van der Waals surface area contributed by atoms with Crippen molar-refractivity contribution in [1.82, 2.24) is 10.2 Å². The predicted octanol–water partition coefficient (Wildman–Crippen LogP) is 3.19. The molecule has 0 aliphatic carbocycles. The van der Waals surface area contributed by atoms with Gasteiger partial charge in [0.1, 0.15) is 0 Å². The van der Waals surface area contributed by atoms with Crippen LogP contribution in [0.3, 0.4) is 0 Å². The summed E-state index contributed by atoms with van der Waals surface area (Å²) < 4.78 is 24.7. The number of carbonyl (C=O) groups excluding carboxylic acids is 1. The van der Waals surface area contributed by atoms with Crippen LogP contribution in [-0.2, 0) is 4.79 Å². The zero-order chi connectivity index (χ0) is 15.4. The van der Waals surface area contributed by atoms with Gasteiger partial charge in [-0.25, -0.2) is 8.78 Å². The first-order valence-electron chi connectivity index (χ1n) is 5.80. The van der Waals surface area contributed by atoms with Crippen LogP contribution in [0.2, 0.25) is 5.02 Å². The Balaban J connectivity index is 1.93. The van der Waals surface area contributed by atoms with Crippen molar-refractivity contribution < 1.29 is 18.7 Å². The molecule has 1 amide bonds. The van der Waals surface area contributed by atoms with Crippen LogP contribution in [0.15, 0.2) is 24.3 Å². The van der Waals surface area contributed by atoms with E-state index in [4.69, 9.17) is 11.6 Å². The third kappa shape index (κ3) is 4.42. The van der Waals surface area contributed by atoms with Crippen LogP contribution in [0, 0.1) is 0 Å². The summed E-state index contributed by atoms with van der Waals surface area (Å²) in [5, 5.41) is 18.9. The van der Waals surface area contributed by atoms with E-state index in [1.165, 1.54) is 0 Å². The molecule has 0 saturated heterocycles. The number of hydrogen-bond acceptors (Lipinski definition) is 5. The van der Waals surface area contributed by atoms with Gasteiger partial charge in [-0.05, 0) is 17.7 Å². The highest BCUT2D eigenvalue weighted by atomic mass is 35.5. The van der Waals surface area contributed by atoms with Gasteiger partial charge in [-0.3, -0.25) is 4.79 Å². The zero-order valence-electron chi connectivity index (χ0n) is 10.5. The molecule has 0 radical (unpaired) electrons. The molecule has 0 fully saturated rings. The third-order valence-corrected chi connectivity index (χ3v) is 3.61. The minimum absolute atomic E-state index is 0.0291. The molecule has 0 bridgehead atoms. The van der Waals surface area contributed by atoms with Gasteiger partial charge in [0.2, 0.25) is 11.0 Å². The van der Waals surface area contributed by atoms with E-state index in [0.717, 1.165) is 0 Å². The van der Waals surface area contributed by atoms with Crippen LogP contribution in [0.4, 0.5) is 13.9 Å². The van der Waals surface area contributed by atoms with E-state index in [2.05, 4.69) is 15.5 Å². The summed E-state index contributed by atoms with van der Waals surface area (Å²) in [6.07, 6.45) is -3.98. The van der Waals surface area contributed by atoms with Crippen LogP contribution in [0.5, 0.6) is 0 Å². The number of benzene rings is 1. The molecule has 2 rings (SSSR count). The van der Waals surface area contributed by atoms with E-state index in [1.54, 1.807) is 24.3 Å². The van der Waals surface area contributed by atoms with E-state index in [0.29, 0.717) is 21.9 Å². The fourth-order valence-corrected chi connectivity index (χ4v) is 2.26. The lowest BCUT2D eigenvalue weighted by Gasteiger charge is -2.10. The van der Waals surface area contributed by atoms with Crippen LogP contribution in [0.1, 0.15) is 29.5 Å². The number of nitrogens with one attached hydrogen (secondary N) is 1. The monoisotopic (exact) mass is 333 g/mol. The highest BCUT2D eigenvalue weighted by Crippen LogP contribution is 2.26. The van der Waals surface area contributed by atoms with Crippen LogP contribution < -0.4 is 5.32 Å². The summed E-state index contributed by atoms with van der Waals surface area (Å²) in [4.78, 5) is 11.7. The Labute approximate surface area is 127 Å². The second kappa shape index (κ2) is 6.88. The summed E-state index contributed by atoms with van der Waals surface area (Å²) >= 11 is 6.31. The molecule has 0 spiro atoms. The highest BCUT2D eigenvalue weighted by molar-refractivity contribution is 7.15. The topological polar surface area (TPSA) is 75.1 Å². The van der Waals surface area contributed by atoms with E-state index in [9.17, 15) is 18.7 Å². The van der Waals surface area contributed by atoms with Crippen LogP contribution in [0.25, 0.3) is 0 Å². The molecule has 112 valence electrons. The van der Waals surface area contributed by atoms with Crippen molar-refractivity contribution in [3.05, 3.63) is 39.9 Å². The van der Waals surface area contributed by atoms with Crippen LogP contribution >= 0.6 is 22.9 Å². The molecule has 1 heterocycles. The molecule has 1 unspecified atom stereocenters. The highest BCUT2D eigenvalue weighted by Gasteiger charge is 2.17. The Morgan fingerprint density at radius 3 is 2.57 bits per heavy atom. The number of amides is 1. The second-order valence-corrected chi connectivity index (χ2v) is 5.51. The summed E-state index contributed by atoms with van der Waals surface area (Å²) in [7, 11) is 0. The van der Waals surface area contributed by atoms with Gasteiger partial charge in [0, 0.05) is 5.02 Å². The third-order valence-electron chi connectivity index (χ3n) is 2.51. The molecule has 9 heteroatoms. The lowest BCUT2D eigenvalue weighted by Crippen LogP contribution is -2.15. The number of anilines is 1. The smallest absolute Gasteiger partial charge is 0.291 e. The van der Waals surface area contributed by atoms with Crippen molar-refractivity contribution in [2.45, 2.75) is 19.0 Å². The quantitative estimate of drug-likeness (QED) is 0.881. The van der Waals surface area contributed by atoms with Crippen molar-refractivity contribution in [2.75, 3.05) is 5.32 Å². The average Bonchev–Trinajstić information content (AvgIpc) is 2.87. The summed E-state index contributed by atoms with van der Waals surface area (Å²) in [5.74, 6) is -0.547. The van der Waals surface area contributed by atoms with Gasteiger partial charge in [0.05, 0.1) is 12.5 Å². The molecule has 1 atom stereocenters. The molecule has 0 aliphatic rings. The number of aliphatic hydroxyl groups is 1. The first-order valence-corrected chi connectivity index (χ1v) is 7.00. The number of nitrogens with zero attached hydrogens (tertiary/aromatic N) is 2. The van der Waals surface area contributed by atoms with Crippen molar-refractivity contribution in [1.29, 1.82) is 0 Å². The number of carbonyl (C=O) groups is 1. The van der Waals surface area contributed by atoms with Gasteiger partial charge < -0.3 is 10.4 Å². The molecule has 1 aromatic carbocycles. The van der Waals surface area contributed by atoms with Gasteiger partial charge in [-0.15, -0.1) is 10.2 Å². The SMILES string of the molecule is O=C(CC(O)c1ccc(Cl)cc1)Nc1nnc(C(F)F)s1. The minimum atomic E-state index is -2.73. The lowest BCUT2D eigenvalue weighted by atomic mass is 10.1. The molecule has 5 nitrogen and oxygen atoms in total. The number of halogens is 3. The summed E-state index contributed by atoms with van der Waals surface area (Å²) in [6.45, 7) is 0. The number of alkyl halides is 2. The molecule has 2 aromatic rings. The molecular weight excluding hydrogens is 324 g/mol. The number of rotatable bonds is 5. The summed E-state index contributed by atoms with van der Waals surface area (Å²) in [6, 6.07) is 6.38. The summed E-state index contributed by atoms with van der Waals surface area (Å²) in [5.41, 5.74) is 0.528. The average molecular weight is 334 g/mol. The van der Waals surface area contributed by atoms with Gasteiger partial charge in [-0.1, -0.05) is 35.1 Å². The fraction of sp³-hybridized carbons (Fsp3) is 0.250. The Kier molecular flexibility index (Phi) is 5.16. The number of aliphatic hydroxyl groups excluding tert-OH is 1. The predicted molar refractivity (Wildman–Crippen MR) is 74.5 cm³/mol. The Morgan fingerprint density at radius 1 is 1.33 bits per heavy atom. The Bertz CT molecular complexity index is 621. The molecule has 1 aromatic heterocycles. The van der Waals surface area contributed by atoms with Crippen molar-refractivity contribution in [3.63, 3.8) is 0 Å². The number of hydrogen-bond donors (Lipinski definition) is 2. The van der Waals surface area contributed by atoms with Crippen molar-refractivity contribution >= 4 is 34.0 Å². The van der Waals surface area contributed by atoms with E-state index in [-0.39, 0.29) is 11.6 Å². The Hall–Kier alpha value is -1.64. The molecule has 2 N–H and O–H groups in total. The van der Waals surface area contributed by atoms with Gasteiger partial charge in [-0.2, -0.15) is 0 Å². The van der Waals surface area contributed by atoms with E-state index >= 15 is 0 Å². The van der Waals surface area contributed by atoms with E-state index in [1.807, 2.05) is 0 Å².